The second-order valence-electron chi connectivity index (χ2n) is 5.26. The third kappa shape index (κ3) is 3.12. The molecule has 3 aromatic rings. The van der Waals surface area contributed by atoms with E-state index in [1.54, 1.807) is 7.11 Å². The summed E-state index contributed by atoms with van der Waals surface area (Å²) in [7, 11) is 1.60. The summed E-state index contributed by atoms with van der Waals surface area (Å²) in [6, 6.07) is 12.8. The van der Waals surface area contributed by atoms with Crippen molar-refractivity contribution in [2.24, 2.45) is 0 Å². The van der Waals surface area contributed by atoms with Crippen molar-refractivity contribution in [1.82, 2.24) is 10.2 Å². The van der Waals surface area contributed by atoms with E-state index in [1.807, 2.05) is 31.2 Å². The molecule has 0 atom stereocenters. The van der Waals surface area contributed by atoms with Gasteiger partial charge in [-0.05, 0) is 55.5 Å². The molecule has 0 saturated carbocycles. The molecule has 0 aliphatic heterocycles. The first kappa shape index (κ1) is 15.7. The van der Waals surface area contributed by atoms with E-state index >= 15 is 0 Å². The van der Waals surface area contributed by atoms with Gasteiger partial charge in [0.1, 0.15) is 17.3 Å². The number of hydrogen-bond donors (Lipinski definition) is 2. The fourth-order valence-corrected chi connectivity index (χ4v) is 2.33. The van der Waals surface area contributed by atoms with Gasteiger partial charge in [-0.3, -0.25) is 9.89 Å². The highest BCUT2D eigenvalue weighted by molar-refractivity contribution is 6.06. The maximum Gasteiger partial charge on any atom is 0.255 e. The summed E-state index contributed by atoms with van der Waals surface area (Å²) in [5.74, 6) is 0.0298. The van der Waals surface area contributed by atoms with Gasteiger partial charge in [-0.2, -0.15) is 5.10 Å². The summed E-state index contributed by atoms with van der Waals surface area (Å²) in [6.45, 7) is 1.82. The van der Waals surface area contributed by atoms with Crippen LogP contribution in [0, 0.1) is 12.7 Å². The van der Waals surface area contributed by atoms with Crippen LogP contribution in [0.1, 0.15) is 16.1 Å². The molecular weight excluding hydrogens is 309 g/mol. The van der Waals surface area contributed by atoms with Gasteiger partial charge in [0, 0.05) is 11.1 Å². The normalized spacial score (nSPS) is 10.5. The van der Waals surface area contributed by atoms with Crippen molar-refractivity contribution in [3.8, 4) is 17.0 Å². The molecule has 0 radical (unpaired) electrons. The number of nitrogens with zero attached hydrogens (tertiary/aromatic N) is 1. The number of halogens is 1. The van der Waals surface area contributed by atoms with Gasteiger partial charge in [0.05, 0.1) is 18.5 Å². The average molecular weight is 325 g/mol. The summed E-state index contributed by atoms with van der Waals surface area (Å²) in [6.07, 6.45) is 0. The molecule has 0 aliphatic carbocycles. The number of aromatic nitrogens is 2. The Kier molecular flexibility index (Phi) is 4.29. The number of carbonyl (C=O) groups is 1. The number of ether oxygens (including phenoxy) is 1. The first-order valence-electron chi connectivity index (χ1n) is 7.35. The molecule has 0 spiro atoms. The van der Waals surface area contributed by atoms with Gasteiger partial charge in [-0.15, -0.1) is 0 Å². The molecule has 0 saturated heterocycles. The van der Waals surface area contributed by atoms with Crippen LogP contribution in [0.2, 0.25) is 0 Å². The van der Waals surface area contributed by atoms with E-state index in [4.69, 9.17) is 4.74 Å². The standard InChI is InChI=1S/C18H16FN3O2/c1-11-16(20-18(23)13-3-7-14(19)8-4-13)17(22-21-11)12-5-9-15(24-2)10-6-12/h3-10H,1-2H3,(H,20,23)(H,21,22). The fourth-order valence-electron chi connectivity index (χ4n) is 2.33. The monoisotopic (exact) mass is 325 g/mol. The smallest absolute Gasteiger partial charge is 0.255 e. The summed E-state index contributed by atoms with van der Waals surface area (Å²) in [5, 5.41) is 9.97. The van der Waals surface area contributed by atoms with Gasteiger partial charge < -0.3 is 10.1 Å². The second kappa shape index (κ2) is 6.54. The third-order valence-electron chi connectivity index (χ3n) is 3.66. The van der Waals surface area contributed by atoms with Gasteiger partial charge in [0.15, 0.2) is 0 Å². The largest absolute Gasteiger partial charge is 0.497 e. The molecule has 1 amide bonds. The summed E-state index contributed by atoms with van der Waals surface area (Å²) < 4.78 is 18.1. The topological polar surface area (TPSA) is 67.0 Å². The lowest BCUT2D eigenvalue weighted by Crippen LogP contribution is -2.12. The molecule has 0 fully saturated rings. The molecule has 0 aliphatic rings. The van der Waals surface area contributed by atoms with Crippen LogP contribution < -0.4 is 10.1 Å². The number of aryl methyl sites for hydroxylation is 1. The number of rotatable bonds is 4. The van der Waals surface area contributed by atoms with Crippen LogP contribution in [0.3, 0.4) is 0 Å². The van der Waals surface area contributed by atoms with E-state index in [0.717, 1.165) is 17.0 Å². The van der Waals surface area contributed by atoms with Crippen molar-refractivity contribution in [3.63, 3.8) is 0 Å². The van der Waals surface area contributed by atoms with Crippen molar-refractivity contribution >= 4 is 11.6 Å². The van der Waals surface area contributed by atoms with Crippen LogP contribution in [0.15, 0.2) is 48.5 Å². The predicted octanol–water partition coefficient (Wildman–Crippen LogP) is 3.79. The molecule has 0 unspecified atom stereocenters. The molecule has 122 valence electrons. The minimum Gasteiger partial charge on any atom is -0.497 e. The highest BCUT2D eigenvalue weighted by Gasteiger charge is 2.16. The van der Waals surface area contributed by atoms with Crippen molar-refractivity contribution in [3.05, 3.63) is 65.6 Å². The lowest BCUT2D eigenvalue weighted by Gasteiger charge is -2.08. The third-order valence-corrected chi connectivity index (χ3v) is 3.66. The molecule has 24 heavy (non-hydrogen) atoms. The summed E-state index contributed by atoms with van der Waals surface area (Å²) in [5.41, 5.74) is 3.17. The van der Waals surface area contributed by atoms with Crippen molar-refractivity contribution in [2.45, 2.75) is 6.92 Å². The second-order valence-corrected chi connectivity index (χ2v) is 5.26. The van der Waals surface area contributed by atoms with Gasteiger partial charge in [0.2, 0.25) is 0 Å². The zero-order valence-electron chi connectivity index (χ0n) is 13.3. The maximum absolute atomic E-state index is 13.0. The number of amides is 1. The van der Waals surface area contributed by atoms with Crippen LogP contribution in [-0.2, 0) is 0 Å². The first-order chi connectivity index (χ1) is 11.6. The number of aromatic amines is 1. The van der Waals surface area contributed by atoms with E-state index in [0.29, 0.717) is 16.9 Å². The summed E-state index contributed by atoms with van der Waals surface area (Å²) >= 11 is 0. The average Bonchev–Trinajstić information content (AvgIpc) is 2.96. The number of methoxy groups -OCH3 is 1. The number of nitrogens with one attached hydrogen (secondary N) is 2. The Morgan fingerprint density at radius 3 is 2.42 bits per heavy atom. The van der Waals surface area contributed by atoms with Gasteiger partial charge in [0.25, 0.3) is 5.91 Å². The molecule has 1 heterocycles. The minimum atomic E-state index is -0.384. The molecular formula is C18H16FN3O2. The Morgan fingerprint density at radius 1 is 1.12 bits per heavy atom. The van der Waals surface area contributed by atoms with E-state index < -0.39 is 0 Å². The van der Waals surface area contributed by atoms with Crippen LogP contribution >= 0.6 is 0 Å². The first-order valence-corrected chi connectivity index (χ1v) is 7.35. The zero-order chi connectivity index (χ0) is 17.1. The number of hydrogen-bond acceptors (Lipinski definition) is 3. The highest BCUT2D eigenvalue weighted by atomic mass is 19.1. The number of anilines is 1. The van der Waals surface area contributed by atoms with Crippen LogP contribution in [0.5, 0.6) is 5.75 Å². The molecule has 6 heteroatoms. The zero-order valence-corrected chi connectivity index (χ0v) is 13.3. The quantitative estimate of drug-likeness (QED) is 0.767. The van der Waals surface area contributed by atoms with E-state index in [-0.39, 0.29) is 11.7 Å². The van der Waals surface area contributed by atoms with E-state index in [2.05, 4.69) is 15.5 Å². The minimum absolute atomic E-state index is 0.325. The molecule has 2 N–H and O–H groups in total. The predicted molar refractivity (Wildman–Crippen MR) is 89.7 cm³/mol. The lowest BCUT2D eigenvalue weighted by molar-refractivity contribution is 0.102. The molecule has 0 bridgehead atoms. The summed E-state index contributed by atoms with van der Waals surface area (Å²) in [4.78, 5) is 12.4. The number of benzene rings is 2. The van der Waals surface area contributed by atoms with Crippen LogP contribution in [0.4, 0.5) is 10.1 Å². The molecule has 2 aromatic carbocycles. The molecule has 1 aromatic heterocycles. The number of H-pyrrole nitrogens is 1. The number of carbonyl (C=O) groups excluding carboxylic acids is 1. The fraction of sp³-hybridized carbons (Fsp3) is 0.111. The van der Waals surface area contributed by atoms with Gasteiger partial charge in [-0.25, -0.2) is 4.39 Å². The SMILES string of the molecule is COc1ccc(-c2n[nH]c(C)c2NC(=O)c2ccc(F)cc2)cc1. The Morgan fingerprint density at radius 2 is 1.79 bits per heavy atom. The molecule has 5 nitrogen and oxygen atoms in total. The van der Waals surface area contributed by atoms with Gasteiger partial charge >= 0.3 is 0 Å². The van der Waals surface area contributed by atoms with E-state index in [1.165, 1.54) is 24.3 Å². The Hall–Kier alpha value is -3.15. The van der Waals surface area contributed by atoms with Crippen LogP contribution in [0.25, 0.3) is 11.3 Å². The Labute approximate surface area is 138 Å². The maximum atomic E-state index is 13.0. The van der Waals surface area contributed by atoms with Gasteiger partial charge in [-0.1, -0.05) is 0 Å². The van der Waals surface area contributed by atoms with Crippen molar-refractivity contribution < 1.29 is 13.9 Å². The van der Waals surface area contributed by atoms with E-state index in [9.17, 15) is 9.18 Å². The Bertz CT molecular complexity index is 855. The van der Waals surface area contributed by atoms with Crippen molar-refractivity contribution in [2.75, 3.05) is 12.4 Å². The highest BCUT2D eigenvalue weighted by Crippen LogP contribution is 2.30. The molecule has 3 rings (SSSR count). The van der Waals surface area contributed by atoms with Crippen molar-refractivity contribution in [1.29, 1.82) is 0 Å². The lowest BCUT2D eigenvalue weighted by atomic mass is 10.1. The van der Waals surface area contributed by atoms with Crippen LogP contribution in [-0.4, -0.2) is 23.2 Å². The Balaban J connectivity index is 1.89.